The monoisotopic (exact) mass is 437 g/mol. The molecular formula is C22H27N7O3. The van der Waals surface area contributed by atoms with E-state index in [1.807, 2.05) is 6.07 Å². The van der Waals surface area contributed by atoms with Crippen molar-refractivity contribution < 1.29 is 9.90 Å². The van der Waals surface area contributed by atoms with Gasteiger partial charge in [-0.15, -0.1) is 0 Å². The summed E-state index contributed by atoms with van der Waals surface area (Å²) in [6.07, 6.45) is 8.00. The zero-order valence-electron chi connectivity index (χ0n) is 17.9. The molecule has 0 radical (unpaired) electrons. The number of amides is 1. The van der Waals surface area contributed by atoms with Crippen molar-refractivity contribution in [2.24, 2.45) is 0 Å². The Morgan fingerprint density at radius 1 is 1.25 bits per heavy atom. The van der Waals surface area contributed by atoms with Crippen molar-refractivity contribution in [3.8, 4) is 0 Å². The number of nitrogens with zero attached hydrogens (tertiary/aromatic N) is 4. The first kappa shape index (κ1) is 20.5. The average Bonchev–Trinajstić information content (AvgIpc) is 3.49. The summed E-state index contributed by atoms with van der Waals surface area (Å²) in [4.78, 5) is 30.3. The van der Waals surface area contributed by atoms with E-state index in [1.54, 1.807) is 34.5 Å². The Kier molecular flexibility index (Phi) is 5.30. The molecule has 32 heavy (non-hydrogen) atoms. The van der Waals surface area contributed by atoms with E-state index in [2.05, 4.69) is 26.0 Å². The van der Waals surface area contributed by atoms with Crippen LogP contribution in [0, 0.1) is 0 Å². The van der Waals surface area contributed by atoms with Crippen molar-refractivity contribution in [2.75, 3.05) is 17.7 Å². The van der Waals surface area contributed by atoms with Gasteiger partial charge in [-0.2, -0.15) is 9.61 Å². The standard InChI is InChI=1S/C22H27N7O3/c1-23-19-11-18(27-20-16(12-24-29(19)20)21(31)25-13-7-8-13)26-17-6-3-9-28(22(17)32)14-4-2-5-15(30)10-14/h3,6,9,11-15,23,30H,2,4-5,7-8,10H2,1H3,(H,25,31)(H,26,27)/t14-,15-/m0/s1. The van der Waals surface area contributed by atoms with E-state index in [9.17, 15) is 14.7 Å². The fourth-order valence-corrected chi connectivity index (χ4v) is 4.28. The SMILES string of the molecule is CNc1cc(Nc2cccn([C@H]3CCC[C@H](O)C3)c2=O)nc2c(C(=O)NC3CC3)cnn12. The van der Waals surface area contributed by atoms with Crippen LogP contribution in [0.4, 0.5) is 17.3 Å². The van der Waals surface area contributed by atoms with Crippen molar-refractivity contribution in [3.05, 3.63) is 46.5 Å². The smallest absolute Gasteiger partial charge is 0.274 e. The zero-order valence-corrected chi connectivity index (χ0v) is 17.9. The molecular weight excluding hydrogens is 410 g/mol. The number of fused-ring (bicyclic) bond motifs is 1. The van der Waals surface area contributed by atoms with Gasteiger partial charge in [0.05, 0.1) is 12.3 Å². The number of hydrogen-bond donors (Lipinski definition) is 4. The fraction of sp³-hybridized carbons (Fsp3) is 0.455. The van der Waals surface area contributed by atoms with Gasteiger partial charge in [-0.1, -0.05) is 0 Å². The molecule has 2 saturated carbocycles. The normalized spacial score (nSPS) is 20.8. The van der Waals surface area contributed by atoms with Crippen LogP contribution < -0.4 is 21.5 Å². The molecule has 0 unspecified atom stereocenters. The molecule has 0 spiro atoms. The lowest BCUT2D eigenvalue weighted by Gasteiger charge is -2.27. The minimum Gasteiger partial charge on any atom is -0.393 e. The van der Waals surface area contributed by atoms with Gasteiger partial charge in [0, 0.05) is 31.4 Å². The summed E-state index contributed by atoms with van der Waals surface area (Å²) in [5.74, 6) is 0.864. The third-order valence-corrected chi connectivity index (χ3v) is 6.13. The Labute approximate surface area is 184 Å². The van der Waals surface area contributed by atoms with Gasteiger partial charge in [-0.05, 0) is 50.7 Å². The maximum atomic E-state index is 13.1. The predicted molar refractivity (Wildman–Crippen MR) is 121 cm³/mol. The van der Waals surface area contributed by atoms with E-state index in [0.717, 1.165) is 32.1 Å². The minimum absolute atomic E-state index is 0.0242. The summed E-state index contributed by atoms with van der Waals surface area (Å²) in [5, 5.41) is 23.5. The van der Waals surface area contributed by atoms with E-state index in [4.69, 9.17) is 0 Å². The summed E-state index contributed by atoms with van der Waals surface area (Å²) < 4.78 is 3.26. The summed E-state index contributed by atoms with van der Waals surface area (Å²) >= 11 is 0. The first-order chi connectivity index (χ1) is 15.5. The van der Waals surface area contributed by atoms with Crippen LogP contribution in [0.3, 0.4) is 0 Å². The molecule has 168 valence electrons. The lowest BCUT2D eigenvalue weighted by atomic mass is 9.93. The maximum absolute atomic E-state index is 13.1. The van der Waals surface area contributed by atoms with Gasteiger partial charge in [0.15, 0.2) is 5.65 Å². The molecule has 0 saturated heterocycles. The second kappa shape index (κ2) is 8.27. The van der Waals surface area contributed by atoms with E-state index < -0.39 is 0 Å². The van der Waals surface area contributed by atoms with Gasteiger partial charge in [-0.25, -0.2) is 4.98 Å². The van der Waals surface area contributed by atoms with Crippen LogP contribution in [0.15, 0.2) is 35.4 Å². The van der Waals surface area contributed by atoms with Crippen molar-refractivity contribution in [3.63, 3.8) is 0 Å². The van der Waals surface area contributed by atoms with E-state index >= 15 is 0 Å². The summed E-state index contributed by atoms with van der Waals surface area (Å²) in [7, 11) is 1.76. The van der Waals surface area contributed by atoms with Crippen LogP contribution >= 0.6 is 0 Å². The highest BCUT2D eigenvalue weighted by Gasteiger charge is 2.26. The highest BCUT2D eigenvalue weighted by atomic mass is 16.3. The highest BCUT2D eigenvalue weighted by molar-refractivity contribution is 6.00. The van der Waals surface area contributed by atoms with Crippen LogP contribution in [0.2, 0.25) is 0 Å². The predicted octanol–water partition coefficient (Wildman–Crippen LogP) is 2.04. The van der Waals surface area contributed by atoms with Crippen LogP contribution in [0.25, 0.3) is 5.65 Å². The van der Waals surface area contributed by atoms with Crippen molar-refractivity contribution in [2.45, 2.75) is 56.7 Å². The van der Waals surface area contributed by atoms with Crippen LogP contribution in [0.1, 0.15) is 54.9 Å². The Bertz CT molecular complexity index is 1210. The number of hydrogen-bond acceptors (Lipinski definition) is 7. The molecule has 3 heterocycles. The molecule has 0 aromatic carbocycles. The Hall–Kier alpha value is -3.40. The summed E-state index contributed by atoms with van der Waals surface area (Å²) in [6, 6.07) is 5.46. The van der Waals surface area contributed by atoms with Crippen LogP contribution in [-0.2, 0) is 0 Å². The molecule has 0 aliphatic heterocycles. The average molecular weight is 438 g/mol. The summed E-state index contributed by atoms with van der Waals surface area (Å²) in [5.41, 5.74) is 1.01. The van der Waals surface area contributed by atoms with Crippen LogP contribution in [-0.4, -0.2) is 49.4 Å². The van der Waals surface area contributed by atoms with E-state index in [0.29, 0.717) is 35.0 Å². The van der Waals surface area contributed by atoms with Crippen molar-refractivity contribution in [1.29, 1.82) is 0 Å². The number of pyridine rings is 1. The molecule has 3 aromatic heterocycles. The van der Waals surface area contributed by atoms with Crippen molar-refractivity contribution in [1.82, 2.24) is 24.5 Å². The maximum Gasteiger partial charge on any atom is 0.274 e. The fourth-order valence-electron chi connectivity index (χ4n) is 4.28. The third kappa shape index (κ3) is 3.93. The number of rotatable bonds is 6. The van der Waals surface area contributed by atoms with Gasteiger partial charge in [-0.3, -0.25) is 9.59 Å². The highest BCUT2D eigenvalue weighted by Crippen LogP contribution is 2.28. The molecule has 0 bridgehead atoms. The molecule has 2 aliphatic rings. The Morgan fingerprint density at radius 2 is 2.09 bits per heavy atom. The molecule has 1 amide bonds. The van der Waals surface area contributed by atoms with Crippen LogP contribution in [0.5, 0.6) is 0 Å². The molecule has 10 nitrogen and oxygen atoms in total. The van der Waals surface area contributed by atoms with Gasteiger partial charge in [0.1, 0.15) is 22.9 Å². The number of aliphatic hydroxyl groups is 1. The second-order valence-electron chi connectivity index (χ2n) is 8.55. The number of aliphatic hydroxyl groups excluding tert-OH is 1. The zero-order chi connectivity index (χ0) is 22.2. The Balaban J connectivity index is 1.48. The van der Waals surface area contributed by atoms with Gasteiger partial charge in [0.2, 0.25) is 0 Å². The lowest BCUT2D eigenvalue weighted by Crippen LogP contribution is -2.30. The second-order valence-corrected chi connectivity index (χ2v) is 8.55. The first-order valence-electron chi connectivity index (χ1n) is 11.1. The summed E-state index contributed by atoms with van der Waals surface area (Å²) in [6.45, 7) is 0. The van der Waals surface area contributed by atoms with Crippen molar-refractivity contribution >= 4 is 28.9 Å². The third-order valence-electron chi connectivity index (χ3n) is 6.13. The number of aromatic nitrogens is 4. The number of nitrogens with one attached hydrogen (secondary N) is 3. The number of carbonyl (C=O) groups is 1. The number of anilines is 3. The molecule has 2 atom stereocenters. The number of carbonyl (C=O) groups excluding carboxylic acids is 1. The molecule has 2 fully saturated rings. The van der Waals surface area contributed by atoms with E-state index in [1.165, 1.54) is 6.20 Å². The van der Waals surface area contributed by atoms with Gasteiger partial charge >= 0.3 is 0 Å². The topological polar surface area (TPSA) is 126 Å². The van der Waals surface area contributed by atoms with Gasteiger partial charge in [0.25, 0.3) is 11.5 Å². The first-order valence-corrected chi connectivity index (χ1v) is 11.1. The Morgan fingerprint density at radius 3 is 2.84 bits per heavy atom. The van der Waals surface area contributed by atoms with Gasteiger partial charge < -0.3 is 25.6 Å². The molecule has 4 N–H and O–H groups in total. The molecule has 2 aliphatic carbocycles. The van der Waals surface area contributed by atoms with E-state index in [-0.39, 0.29) is 29.7 Å². The molecule has 3 aromatic rings. The minimum atomic E-state index is -0.374. The lowest BCUT2D eigenvalue weighted by molar-refractivity contribution is 0.0952. The molecule has 10 heteroatoms. The molecule has 5 rings (SSSR count). The quantitative estimate of drug-likeness (QED) is 0.465. The largest absolute Gasteiger partial charge is 0.393 e.